The summed E-state index contributed by atoms with van der Waals surface area (Å²) < 4.78 is 5.80. The summed E-state index contributed by atoms with van der Waals surface area (Å²) >= 11 is 0. The maximum atomic E-state index is 12.3. The van der Waals surface area contributed by atoms with Crippen molar-refractivity contribution in [1.82, 2.24) is 4.90 Å². The van der Waals surface area contributed by atoms with Crippen molar-refractivity contribution < 1.29 is 9.53 Å². The molecule has 4 rings (SSSR count). The van der Waals surface area contributed by atoms with E-state index in [4.69, 9.17) is 4.74 Å². The standard InChI is InChI=1S/C28H30N2O2/c31-28(29-26-14-9-24(10-15-26)21-30-19-5-2-6-20-30)18-13-23-11-16-27(17-12-23)32-22-25-7-3-1-4-8-25/h1,3-4,7-18H,2,5-6,19-22H2,(H,29,31)/b18-13+. The zero-order valence-electron chi connectivity index (χ0n) is 18.4. The SMILES string of the molecule is O=C(/C=C/c1ccc(OCc2ccccc2)cc1)Nc1ccc(CN2CCCCC2)cc1. The Labute approximate surface area is 190 Å². The number of hydrogen-bond acceptors (Lipinski definition) is 3. The minimum atomic E-state index is -0.141. The number of piperidine rings is 1. The molecule has 0 spiro atoms. The van der Waals surface area contributed by atoms with Crippen molar-refractivity contribution >= 4 is 17.7 Å². The van der Waals surface area contributed by atoms with E-state index >= 15 is 0 Å². The summed E-state index contributed by atoms with van der Waals surface area (Å²) in [6, 6.07) is 26.0. The Balaban J connectivity index is 1.24. The highest BCUT2D eigenvalue weighted by Gasteiger charge is 2.10. The molecule has 3 aromatic carbocycles. The lowest BCUT2D eigenvalue weighted by Crippen LogP contribution is -2.29. The molecule has 1 heterocycles. The van der Waals surface area contributed by atoms with E-state index in [1.807, 2.05) is 66.7 Å². The number of hydrogen-bond donors (Lipinski definition) is 1. The van der Waals surface area contributed by atoms with Gasteiger partial charge in [0, 0.05) is 18.3 Å². The van der Waals surface area contributed by atoms with Gasteiger partial charge in [0.15, 0.2) is 0 Å². The van der Waals surface area contributed by atoms with Crippen LogP contribution < -0.4 is 10.1 Å². The number of likely N-dealkylation sites (tertiary alicyclic amines) is 1. The topological polar surface area (TPSA) is 41.6 Å². The Morgan fingerprint density at radius 1 is 0.844 bits per heavy atom. The third-order valence-corrected chi connectivity index (χ3v) is 5.63. The van der Waals surface area contributed by atoms with Crippen molar-refractivity contribution in [2.45, 2.75) is 32.4 Å². The molecule has 164 valence electrons. The predicted molar refractivity (Wildman–Crippen MR) is 130 cm³/mol. The van der Waals surface area contributed by atoms with Gasteiger partial charge in [-0.1, -0.05) is 61.0 Å². The van der Waals surface area contributed by atoms with Crippen LogP contribution in [0.25, 0.3) is 6.08 Å². The van der Waals surface area contributed by atoms with Crippen LogP contribution in [0.2, 0.25) is 0 Å². The summed E-state index contributed by atoms with van der Waals surface area (Å²) in [5.41, 5.74) is 4.18. The molecule has 1 N–H and O–H groups in total. The lowest BCUT2D eigenvalue weighted by Gasteiger charge is -2.26. The second-order valence-electron chi connectivity index (χ2n) is 8.20. The van der Waals surface area contributed by atoms with Gasteiger partial charge in [0.25, 0.3) is 0 Å². The molecule has 0 atom stereocenters. The zero-order chi connectivity index (χ0) is 22.0. The van der Waals surface area contributed by atoms with Crippen molar-refractivity contribution in [2.24, 2.45) is 0 Å². The lowest BCUT2D eigenvalue weighted by molar-refractivity contribution is -0.111. The highest BCUT2D eigenvalue weighted by molar-refractivity contribution is 6.01. The minimum absolute atomic E-state index is 0.141. The molecule has 0 unspecified atom stereocenters. The average molecular weight is 427 g/mol. The van der Waals surface area contributed by atoms with Crippen LogP contribution in [0.1, 0.15) is 36.0 Å². The number of benzene rings is 3. The molecule has 1 fully saturated rings. The van der Waals surface area contributed by atoms with Gasteiger partial charge in [-0.25, -0.2) is 0 Å². The predicted octanol–water partition coefficient (Wildman–Crippen LogP) is 5.90. The molecule has 0 aliphatic carbocycles. The molecule has 0 radical (unpaired) electrons. The summed E-state index contributed by atoms with van der Waals surface area (Å²) in [5, 5.41) is 2.93. The first kappa shape index (κ1) is 21.8. The number of ether oxygens (including phenoxy) is 1. The van der Waals surface area contributed by atoms with Gasteiger partial charge in [0.1, 0.15) is 12.4 Å². The molecule has 3 aromatic rings. The van der Waals surface area contributed by atoms with Crippen LogP contribution in [0.15, 0.2) is 84.9 Å². The summed E-state index contributed by atoms with van der Waals surface area (Å²) in [7, 11) is 0. The summed E-state index contributed by atoms with van der Waals surface area (Å²) in [4.78, 5) is 14.8. The van der Waals surface area contributed by atoms with E-state index in [1.165, 1.54) is 37.9 Å². The Hall–Kier alpha value is -3.37. The van der Waals surface area contributed by atoms with Crippen LogP contribution in [-0.4, -0.2) is 23.9 Å². The minimum Gasteiger partial charge on any atom is -0.489 e. The highest BCUT2D eigenvalue weighted by atomic mass is 16.5. The monoisotopic (exact) mass is 426 g/mol. The molecule has 32 heavy (non-hydrogen) atoms. The number of nitrogens with zero attached hydrogens (tertiary/aromatic N) is 1. The van der Waals surface area contributed by atoms with E-state index in [9.17, 15) is 4.79 Å². The van der Waals surface area contributed by atoms with Gasteiger partial charge in [0.2, 0.25) is 5.91 Å². The van der Waals surface area contributed by atoms with Crippen molar-refractivity contribution in [1.29, 1.82) is 0 Å². The third-order valence-electron chi connectivity index (χ3n) is 5.63. The fourth-order valence-corrected chi connectivity index (χ4v) is 3.84. The molecule has 1 aliphatic heterocycles. The van der Waals surface area contributed by atoms with Crippen LogP contribution >= 0.6 is 0 Å². The van der Waals surface area contributed by atoms with Crippen LogP contribution in [0, 0.1) is 0 Å². The van der Waals surface area contributed by atoms with E-state index in [-0.39, 0.29) is 5.91 Å². The maximum absolute atomic E-state index is 12.3. The molecule has 4 nitrogen and oxygen atoms in total. The number of anilines is 1. The van der Waals surface area contributed by atoms with E-state index in [0.29, 0.717) is 6.61 Å². The molecule has 1 amide bonds. The number of amides is 1. The normalized spacial score (nSPS) is 14.4. The van der Waals surface area contributed by atoms with Gasteiger partial charge in [-0.2, -0.15) is 0 Å². The fraction of sp³-hybridized carbons (Fsp3) is 0.250. The van der Waals surface area contributed by atoms with Crippen molar-refractivity contribution in [3.05, 3.63) is 102 Å². The molecule has 1 saturated heterocycles. The number of carbonyl (C=O) groups is 1. The van der Waals surface area contributed by atoms with Gasteiger partial charge in [-0.3, -0.25) is 9.69 Å². The van der Waals surface area contributed by atoms with Crippen LogP contribution in [0.5, 0.6) is 5.75 Å². The first-order valence-electron chi connectivity index (χ1n) is 11.3. The molecule has 0 saturated carbocycles. The quantitative estimate of drug-likeness (QED) is 0.456. The van der Waals surface area contributed by atoms with E-state index in [2.05, 4.69) is 22.3 Å². The lowest BCUT2D eigenvalue weighted by atomic mass is 10.1. The second kappa shape index (κ2) is 11.3. The third kappa shape index (κ3) is 6.82. The summed E-state index contributed by atoms with van der Waals surface area (Å²) in [6.07, 6.45) is 7.30. The smallest absolute Gasteiger partial charge is 0.248 e. The average Bonchev–Trinajstić information content (AvgIpc) is 2.85. The fourth-order valence-electron chi connectivity index (χ4n) is 3.84. The van der Waals surface area contributed by atoms with E-state index in [1.54, 1.807) is 12.2 Å². The first-order chi connectivity index (χ1) is 15.7. The molecular formula is C28H30N2O2. The van der Waals surface area contributed by atoms with Crippen LogP contribution in [-0.2, 0) is 17.9 Å². The van der Waals surface area contributed by atoms with E-state index < -0.39 is 0 Å². The molecule has 0 bridgehead atoms. The number of rotatable bonds is 8. The number of carbonyl (C=O) groups excluding carboxylic acids is 1. The van der Waals surface area contributed by atoms with Crippen molar-refractivity contribution in [2.75, 3.05) is 18.4 Å². The first-order valence-corrected chi connectivity index (χ1v) is 11.3. The Morgan fingerprint density at radius 2 is 1.56 bits per heavy atom. The second-order valence-corrected chi connectivity index (χ2v) is 8.20. The highest BCUT2D eigenvalue weighted by Crippen LogP contribution is 2.17. The van der Waals surface area contributed by atoms with E-state index in [0.717, 1.165) is 29.1 Å². The molecule has 1 aliphatic rings. The Morgan fingerprint density at radius 3 is 2.28 bits per heavy atom. The van der Waals surface area contributed by atoms with Crippen LogP contribution in [0.4, 0.5) is 5.69 Å². The molecule has 4 heteroatoms. The molecule has 0 aromatic heterocycles. The van der Waals surface area contributed by atoms with Gasteiger partial charge in [0.05, 0.1) is 0 Å². The van der Waals surface area contributed by atoms with Gasteiger partial charge >= 0.3 is 0 Å². The zero-order valence-corrected chi connectivity index (χ0v) is 18.4. The Bertz CT molecular complexity index is 1010. The van der Waals surface area contributed by atoms with Gasteiger partial charge in [-0.05, 0) is 73.0 Å². The summed E-state index contributed by atoms with van der Waals surface area (Å²) in [6.45, 7) is 3.89. The van der Waals surface area contributed by atoms with Crippen LogP contribution in [0.3, 0.4) is 0 Å². The number of nitrogens with one attached hydrogen (secondary N) is 1. The maximum Gasteiger partial charge on any atom is 0.248 e. The largest absolute Gasteiger partial charge is 0.489 e. The summed E-state index contributed by atoms with van der Waals surface area (Å²) in [5.74, 6) is 0.665. The van der Waals surface area contributed by atoms with Gasteiger partial charge < -0.3 is 10.1 Å². The van der Waals surface area contributed by atoms with Crippen molar-refractivity contribution in [3.8, 4) is 5.75 Å². The Kier molecular flexibility index (Phi) is 7.72. The molecular weight excluding hydrogens is 396 g/mol. The van der Waals surface area contributed by atoms with Crippen molar-refractivity contribution in [3.63, 3.8) is 0 Å². The van der Waals surface area contributed by atoms with Gasteiger partial charge in [-0.15, -0.1) is 0 Å².